The number of nitrogens with one attached hydrogen (secondary N) is 1. The van der Waals surface area contributed by atoms with Gasteiger partial charge in [0.1, 0.15) is 6.61 Å². The Kier molecular flexibility index (Phi) is 9.81. The van der Waals surface area contributed by atoms with Crippen molar-refractivity contribution in [3.63, 3.8) is 0 Å². The van der Waals surface area contributed by atoms with Gasteiger partial charge in [-0.1, -0.05) is 44.4 Å². The minimum atomic E-state index is 0. The maximum absolute atomic E-state index is 5.70. The molecule has 1 aromatic rings. The van der Waals surface area contributed by atoms with Gasteiger partial charge < -0.3 is 14.8 Å². The Bertz CT molecular complexity index is 457. The first kappa shape index (κ1) is 19.9. The third kappa shape index (κ3) is 6.84. The fraction of sp³-hybridized carbons (Fsp3) is 0.579. The van der Waals surface area contributed by atoms with Gasteiger partial charge in [0.2, 0.25) is 0 Å². The van der Waals surface area contributed by atoms with Gasteiger partial charge in [-0.2, -0.15) is 0 Å². The normalized spacial score (nSPS) is 15.3. The fourth-order valence-electron chi connectivity index (χ4n) is 2.94. The standard InChI is InChI=1S/C19H29NO2.ClH/c1-3-13-22-18-12-11-16(14-19(18)21-4-2)15-20-17-9-7-5-6-8-10-17;/h3,11-12,14,17,20H,1,4-10,13,15H2,2H3;1H. The third-order valence-electron chi connectivity index (χ3n) is 4.11. The van der Waals surface area contributed by atoms with Gasteiger partial charge in [-0.15, -0.1) is 12.4 Å². The first-order valence-electron chi connectivity index (χ1n) is 8.56. The molecule has 0 aliphatic heterocycles. The van der Waals surface area contributed by atoms with E-state index in [2.05, 4.69) is 24.0 Å². The van der Waals surface area contributed by atoms with Gasteiger partial charge in [0.15, 0.2) is 11.5 Å². The summed E-state index contributed by atoms with van der Waals surface area (Å²) in [6, 6.07) is 6.87. The molecule has 0 heterocycles. The maximum Gasteiger partial charge on any atom is 0.161 e. The van der Waals surface area contributed by atoms with Crippen LogP contribution < -0.4 is 14.8 Å². The molecular formula is C19H30ClNO2. The van der Waals surface area contributed by atoms with E-state index in [1.165, 1.54) is 44.1 Å². The highest BCUT2D eigenvalue weighted by Crippen LogP contribution is 2.28. The first-order valence-corrected chi connectivity index (χ1v) is 8.56. The van der Waals surface area contributed by atoms with Crippen LogP contribution in [0.15, 0.2) is 30.9 Å². The van der Waals surface area contributed by atoms with Crippen molar-refractivity contribution in [2.75, 3.05) is 13.2 Å². The van der Waals surface area contributed by atoms with Gasteiger partial charge in [-0.05, 0) is 37.5 Å². The van der Waals surface area contributed by atoms with Crippen LogP contribution in [0.2, 0.25) is 0 Å². The predicted octanol–water partition coefficient (Wildman–Crippen LogP) is 4.88. The highest BCUT2D eigenvalue weighted by atomic mass is 35.5. The SMILES string of the molecule is C=CCOc1ccc(CNC2CCCCCC2)cc1OCC.Cl. The van der Waals surface area contributed by atoms with Crippen LogP contribution in [0.3, 0.4) is 0 Å². The van der Waals surface area contributed by atoms with Crippen LogP contribution in [0.25, 0.3) is 0 Å². The fourth-order valence-corrected chi connectivity index (χ4v) is 2.94. The number of benzene rings is 1. The summed E-state index contributed by atoms with van der Waals surface area (Å²) < 4.78 is 11.3. The third-order valence-corrected chi connectivity index (χ3v) is 4.11. The minimum Gasteiger partial charge on any atom is -0.490 e. The van der Waals surface area contributed by atoms with E-state index in [4.69, 9.17) is 9.47 Å². The van der Waals surface area contributed by atoms with E-state index >= 15 is 0 Å². The van der Waals surface area contributed by atoms with Crippen LogP contribution in [0.4, 0.5) is 0 Å². The Hall–Kier alpha value is -1.19. The highest BCUT2D eigenvalue weighted by Gasteiger charge is 2.12. The largest absolute Gasteiger partial charge is 0.490 e. The topological polar surface area (TPSA) is 30.5 Å². The van der Waals surface area contributed by atoms with Crippen molar-refractivity contribution < 1.29 is 9.47 Å². The second-order valence-corrected chi connectivity index (χ2v) is 5.88. The number of hydrogen-bond acceptors (Lipinski definition) is 3. The molecule has 3 nitrogen and oxygen atoms in total. The minimum absolute atomic E-state index is 0. The van der Waals surface area contributed by atoms with Crippen LogP contribution in [0.5, 0.6) is 11.5 Å². The smallest absolute Gasteiger partial charge is 0.161 e. The molecule has 1 aliphatic carbocycles. The average molecular weight is 340 g/mol. The maximum atomic E-state index is 5.70. The number of rotatable bonds is 8. The van der Waals surface area contributed by atoms with Gasteiger partial charge in [0.05, 0.1) is 6.61 Å². The zero-order valence-electron chi connectivity index (χ0n) is 14.2. The summed E-state index contributed by atoms with van der Waals surface area (Å²) >= 11 is 0. The molecular weight excluding hydrogens is 310 g/mol. The molecule has 0 amide bonds. The summed E-state index contributed by atoms with van der Waals surface area (Å²) in [5.41, 5.74) is 1.25. The number of ether oxygens (including phenoxy) is 2. The van der Waals surface area contributed by atoms with Crippen molar-refractivity contribution >= 4 is 12.4 Å². The van der Waals surface area contributed by atoms with Crippen LogP contribution in [0.1, 0.15) is 51.0 Å². The molecule has 0 saturated heterocycles. The van der Waals surface area contributed by atoms with E-state index in [1.807, 2.05) is 13.0 Å². The van der Waals surface area contributed by atoms with Crippen molar-refractivity contribution in [1.82, 2.24) is 5.32 Å². The first-order chi connectivity index (χ1) is 10.8. The zero-order valence-corrected chi connectivity index (χ0v) is 15.0. The molecule has 1 N–H and O–H groups in total. The molecule has 0 spiro atoms. The average Bonchev–Trinajstić information content (AvgIpc) is 2.81. The van der Waals surface area contributed by atoms with Crippen LogP contribution in [-0.4, -0.2) is 19.3 Å². The van der Waals surface area contributed by atoms with Crippen LogP contribution >= 0.6 is 12.4 Å². The molecule has 0 atom stereocenters. The lowest BCUT2D eigenvalue weighted by molar-refractivity contribution is 0.296. The van der Waals surface area contributed by atoms with Crippen molar-refractivity contribution in [3.05, 3.63) is 36.4 Å². The second-order valence-electron chi connectivity index (χ2n) is 5.88. The lowest BCUT2D eigenvalue weighted by Crippen LogP contribution is -2.27. The zero-order chi connectivity index (χ0) is 15.6. The summed E-state index contributed by atoms with van der Waals surface area (Å²) in [4.78, 5) is 0. The van der Waals surface area contributed by atoms with Gasteiger partial charge in [-0.3, -0.25) is 0 Å². The van der Waals surface area contributed by atoms with Gasteiger partial charge >= 0.3 is 0 Å². The van der Waals surface area contributed by atoms with Crippen LogP contribution in [-0.2, 0) is 6.54 Å². The number of halogens is 1. The molecule has 4 heteroatoms. The number of hydrogen-bond donors (Lipinski definition) is 1. The van der Waals surface area contributed by atoms with E-state index in [0.717, 1.165) is 18.0 Å². The van der Waals surface area contributed by atoms with E-state index in [0.29, 0.717) is 19.3 Å². The van der Waals surface area contributed by atoms with Crippen LogP contribution in [0, 0.1) is 0 Å². The Balaban J connectivity index is 0.00000264. The molecule has 1 aliphatic rings. The van der Waals surface area contributed by atoms with Crippen molar-refractivity contribution in [2.45, 2.75) is 58.0 Å². The van der Waals surface area contributed by atoms with Gasteiger partial charge in [-0.25, -0.2) is 0 Å². The lowest BCUT2D eigenvalue weighted by Gasteiger charge is -2.17. The molecule has 1 aromatic carbocycles. The molecule has 0 unspecified atom stereocenters. The van der Waals surface area contributed by atoms with E-state index in [-0.39, 0.29) is 12.4 Å². The van der Waals surface area contributed by atoms with Crippen molar-refractivity contribution in [2.24, 2.45) is 0 Å². The van der Waals surface area contributed by atoms with E-state index in [9.17, 15) is 0 Å². The van der Waals surface area contributed by atoms with Crippen molar-refractivity contribution in [1.29, 1.82) is 0 Å². The Morgan fingerprint density at radius 2 is 1.87 bits per heavy atom. The Morgan fingerprint density at radius 3 is 2.52 bits per heavy atom. The summed E-state index contributed by atoms with van der Waals surface area (Å²) in [6.07, 6.45) is 9.85. The molecule has 2 rings (SSSR count). The highest BCUT2D eigenvalue weighted by molar-refractivity contribution is 5.85. The molecule has 23 heavy (non-hydrogen) atoms. The summed E-state index contributed by atoms with van der Waals surface area (Å²) in [7, 11) is 0. The molecule has 0 aromatic heterocycles. The van der Waals surface area contributed by atoms with Gasteiger partial charge in [0, 0.05) is 12.6 Å². The Morgan fingerprint density at radius 1 is 1.13 bits per heavy atom. The molecule has 130 valence electrons. The summed E-state index contributed by atoms with van der Waals surface area (Å²) in [6.45, 7) is 7.71. The molecule has 1 saturated carbocycles. The Labute approximate surface area is 146 Å². The van der Waals surface area contributed by atoms with E-state index in [1.54, 1.807) is 6.08 Å². The molecule has 0 bridgehead atoms. The summed E-state index contributed by atoms with van der Waals surface area (Å²) in [5.74, 6) is 1.62. The second kappa shape index (κ2) is 11.4. The van der Waals surface area contributed by atoms with E-state index < -0.39 is 0 Å². The van der Waals surface area contributed by atoms with Crippen molar-refractivity contribution in [3.8, 4) is 11.5 Å². The predicted molar refractivity (Wildman–Crippen MR) is 98.9 cm³/mol. The lowest BCUT2D eigenvalue weighted by atomic mass is 10.1. The molecule has 0 radical (unpaired) electrons. The summed E-state index contributed by atoms with van der Waals surface area (Å²) in [5, 5.41) is 3.70. The van der Waals surface area contributed by atoms with Gasteiger partial charge in [0.25, 0.3) is 0 Å². The monoisotopic (exact) mass is 339 g/mol. The quantitative estimate of drug-likeness (QED) is 0.540. The molecule has 1 fully saturated rings.